The molecular weight excluding hydrogens is 334 g/mol. The van der Waals surface area contributed by atoms with Crippen LogP contribution in [-0.4, -0.2) is 42.6 Å². The number of carboxylic acid groups (broad SMARTS) is 1. The van der Waals surface area contributed by atoms with Gasteiger partial charge in [-0.15, -0.1) is 0 Å². The van der Waals surface area contributed by atoms with Crippen molar-refractivity contribution in [2.75, 3.05) is 29.4 Å². The number of nitrogens with zero attached hydrogens (tertiary/aromatic N) is 2. The van der Waals surface area contributed by atoms with Crippen molar-refractivity contribution in [2.24, 2.45) is 11.3 Å². The third-order valence-corrected chi connectivity index (χ3v) is 6.03. The van der Waals surface area contributed by atoms with E-state index < -0.39 is 5.97 Å². The van der Waals surface area contributed by atoms with Crippen molar-refractivity contribution in [2.45, 2.75) is 32.1 Å². The van der Waals surface area contributed by atoms with Crippen molar-refractivity contribution < 1.29 is 19.5 Å². The molecular formula is C19H23N3O4. The van der Waals surface area contributed by atoms with E-state index in [0.29, 0.717) is 13.0 Å². The Morgan fingerprint density at radius 1 is 1.08 bits per heavy atom. The molecule has 0 aromatic heterocycles. The summed E-state index contributed by atoms with van der Waals surface area (Å²) in [5.41, 5.74) is 2.18. The number of benzene rings is 1. The number of hydrogen-bond acceptors (Lipinski definition) is 4. The molecule has 1 aromatic rings. The molecule has 138 valence electrons. The first-order valence-electron chi connectivity index (χ1n) is 9.15. The Morgan fingerprint density at radius 2 is 1.69 bits per heavy atom. The van der Waals surface area contributed by atoms with E-state index in [0.717, 1.165) is 50.1 Å². The van der Waals surface area contributed by atoms with Crippen molar-refractivity contribution in [3.05, 3.63) is 24.3 Å². The quantitative estimate of drug-likeness (QED) is 0.866. The molecule has 3 fully saturated rings. The summed E-state index contributed by atoms with van der Waals surface area (Å²) in [5.74, 6) is -1.06. The monoisotopic (exact) mass is 357 g/mol. The van der Waals surface area contributed by atoms with Crippen LogP contribution in [0.25, 0.3) is 0 Å². The summed E-state index contributed by atoms with van der Waals surface area (Å²) >= 11 is 0. The molecule has 26 heavy (non-hydrogen) atoms. The first kappa shape index (κ1) is 16.9. The normalized spacial score (nSPS) is 22.9. The molecule has 2 N–H and O–H groups in total. The zero-order chi connectivity index (χ0) is 18.3. The number of aliphatic carboxylic acids is 1. The van der Waals surface area contributed by atoms with Gasteiger partial charge in [0.25, 0.3) is 0 Å². The fraction of sp³-hybridized carbons (Fsp3) is 0.526. The van der Waals surface area contributed by atoms with Crippen LogP contribution < -0.4 is 15.1 Å². The number of urea groups is 1. The van der Waals surface area contributed by atoms with Crippen LogP contribution in [0.1, 0.15) is 32.1 Å². The van der Waals surface area contributed by atoms with Gasteiger partial charge >= 0.3 is 12.0 Å². The molecule has 0 unspecified atom stereocenters. The van der Waals surface area contributed by atoms with Gasteiger partial charge in [0.2, 0.25) is 5.91 Å². The van der Waals surface area contributed by atoms with Crippen molar-refractivity contribution in [1.82, 2.24) is 5.32 Å². The lowest BCUT2D eigenvalue weighted by Crippen LogP contribution is -2.58. The second-order valence-corrected chi connectivity index (χ2v) is 7.74. The minimum absolute atomic E-state index is 0.170. The first-order chi connectivity index (χ1) is 12.5. The van der Waals surface area contributed by atoms with Crippen LogP contribution in [0.4, 0.5) is 16.2 Å². The molecule has 3 aliphatic rings. The third kappa shape index (κ3) is 3.02. The van der Waals surface area contributed by atoms with E-state index in [9.17, 15) is 14.4 Å². The van der Waals surface area contributed by atoms with Crippen LogP contribution in [-0.2, 0) is 9.59 Å². The largest absolute Gasteiger partial charge is 0.481 e. The molecule has 0 radical (unpaired) electrons. The van der Waals surface area contributed by atoms with Crippen LogP contribution >= 0.6 is 0 Å². The summed E-state index contributed by atoms with van der Waals surface area (Å²) in [7, 11) is 0. The van der Waals surface area contributed by atoms with E-state index in [1.54, 1.807) is 4.90 Å². The van der Waals surface area contributed by atoms with Gasteiger partial charge in [-0.2, -0.15) is 0 Å². The van der Waals surface area contributed by atoms with Crippen LogP contribution in [0.2, 0.25) is 0 Å². The molecule has 0 atom stereocenters. The SMILES string of the molecule is O=C1CCN(c2ccc(N3CC4(CCC(C(=O)O)CC4)C3)cc2)C(=O)N1. The van der Waals surface area contributed by atoms with E-state index in [1.165, 1.54) is 0 Å². The van der Waals surface area contributed by atoms with Gasteiger partial charge in [-0.05, 0) is 49.9 Å². The molecule has 2 aliphatic heterocycles. The van der Waals surface area contributed by atoms with E-state index in [1.807, 2.05) is 24.3 Å². The lowest BCUT2D eigenvalue weighted by molar-refractivity contribution is -0.143. The summed E-state index contributed by atoms with van der Waals surface area (Å²) < 4.78 is 0. The van der Waals surface area contributed by atoms with Crippen molar-refractivity contribution in [3.63, 3.8) is 0 Å². The predicted molar refractivity (Wildman–Crippen MR) is 96.2 cm³/mol. The van der Waals surface area contributed by atoms with Gasteiger partial charge in [0.1, 0.15) is 0 Å². The Morgan fingerprint density at radius 3 is 2.27 bits per heavy atom. The maximum absolute atomic E-state index is 11.9. The maximum atomic E-state index is 11.9. The molecule has 7 nitrogen and oxygen atoms in total. The number of imide groups is 1. The zero-order valence-electron chi connectivity index (χ0n) is 14.6. The molecule has 1 aromatic carbocycles. The van der Waals surface area contributed by atoms with Gasteiger partial charge in [0.15, 0.2) is 0 Å². The highest BCUT2D eigenvalue weighted by molar-refractivity contribution is 6.05. The number of rotatable bonds is 3. The Balaban J connectivity index is 1.35. The smallest absolute Gasteiger partial charge is 0.328 e. The molecule has 7 heteroatoms. The van der Waals surface area contributed by atoms with E-state index in [2.05, 4.69) is 10.2 Å². The van der Waals surface area contributed by atoms with Gasteiger partial charge in [-0.1, -0.05) is 0 Å². The van der Waals surface area contributed by atoms with Crippen LogP contribution in [0.15, 0.2) is 24.3 Å². The molecule has 2 heterocycles. The molecule has 3 amide bonds. The average molecular weight is 357 g/mol. The maximum Gasteiger partial charge on any atom is 0.328 e. The Kier molecular flexibility index (Phi) is 4.09. The standard InChI is InChI=1S/C19H23N3O4/c23-16-7-10-22(18(26)20-16)15-3-1-14(2-4-15)21-11-19(12-21)8-5-13(6-9-19)17(24)25/h1-4,13H,5-12H2,(H,24,25)(H,20,23,26). The number of nitrogens with one attached hydrogen (secondary N) is 1. The molecule has 4 rings (SSSR count). The predicted octanol–water partition coefficient (Wildman–Crippen LogP) is 2.21. The lowest BCUT2D eigenvalue weighted by atomic mass is 9.66. The highest BCUT2D eigenvalue weighted by atomic mass is 16.4. The number of amides is 3. The Hall–Kier alpha value is -2.57. The van der Waals surface area contributed by atoms with E-state index in [4.69, 9.17) is 5.11 Å². The fourth-order valence-electron chi connectivity index (χ4n) is 4.39. The molecule has 1 aliphatic carbocycles. The fourth-order valence-corrected chi connectivity index (χ4v) is 4.39. The zero-order valence-corrected chi connectivity index (χ0v) is 14.6. The third-order valence-electron chi connectivity index (χ3n) is 6.03. The molecule has 1 saturated carbocycles. The second kappa shape index (κ2) is 6.30. The van der Waals surface area contributed by atoms with Gasteiger partial charge in [0.05, 0.1) is 5.92 Å². The number of carboxylic acids is 1. The summed E-state index contributed by atoms with van der Waals surface area (Å²) in [6.07, 6.45) is 3.86. The Labute approximate surface area is 152 Å². The molecule has 0 bridgehead atoms. The number of anilines is 2. The number of carbonyl (C=O) groups is 3. The van der Waals surface area contributed by atoms with Gasteiger partial charge < -0.3 is 10.0 Å². The van der Waals surface area contributed by atoms with Crippen molar-refractivity contribution in [3.8, 4) is 0 Å². The lowest BCUT2D eigenvalue weighted by Gasteiger charge is -2.54. The van der Waals surface area contributed by atoms with Crippen molar-refractivity contribution >= 4 is 29.3 Å². The molecule has 2 saturated heterocycles. The summed E-state index contributed by atoms with van der Waals surface area (Å²) in [4.78, 5) is 38.1. The van der Waals surface area contributed by atoms with Gasteiger partial charge in [-0.25, -0.2) is 4.79 Å². The number of hydrogen-bond donors (Lipinski definition) is 2. The second-order valence-electron chi connectivity index (χ2n) is 7.74. The summed E-state index contributed by atoms with van der Waals surface area (Å²) in [6, 6.07) is 7.48. The van der Waals surface area contributed by atoms with Crippen LogP contribution in [0.5, 0.6) is 0 Å². The Bertz CT molecular complexity index is 730. The molecule has 1 spiro atoms. The highest BCUT2D eigenvalue weighted by Gasteiger charge is 2.46. The minimum atomic E-state index is -0.657. The topological polar surface area (TPSA) is 90.0 Å². The van der Waals surface area contributed by atoms with Crippen LogP contribution in [0.3, 0.4) is 0 Å². The van der Waals surface area contributed by atoms with Crippen LogP contribution in [0, 0.1) is 11.3 Å². The highest BCUT2D eigenvalue weighted by Crippen LogP contribution is 2.47. The average Bonchev–Trinajstić information content (AvgIpc) is 2.60. The van der Waals surface area contributed by atoms with E-state index >= 15 is 0 Å². The summed E-state index contributed by atoms with van der Waals surface area (Å²) in [6.45, 7) is 2.34. The minimum Gasteiger partial charge on any atom is -0.481 e. The first-order valence-corrected chi connectivity index (χ1v) is 9.15. The number of carbonyl (C=O) groups excluding carboxylic acids is 2. The van der Waals surface area contributed by atoms with Crippen molar-refractivity contribution in [1.29, 1.82) is 0 Å². The van der Waals surface area contributed by atoms with Gasteiger partial charge in [0, 0.05) is 42.8 Å². The van der Waals surface area contributed by atoms with Gasteiger partial charge in [-0.3, -0.25) is 19.8 Å². The summed E-state index contributed by atoms with van der Waals surface area (Å²) in [5, 5.41) is 11.5. The van der Waals surface area contributed by atoms with E-state index in [-0.39, 0.29) is 23.3 Å².